The maximum absolute atomic E-state index is 5.67. The monoisotopic (exact) mass is 199 g/mol. The first-order valence-corrected chi connectivity index (χ1v) is 5.66. The van der Waals surface area contributed by atoms with E-state index in [0.29, 0.717) is 0 Å². The lowest BCUT2D eigenvalue weighted by Crippen LogP contribution is -2.38. The first-order chi connectivity index (χ1) is 7.35. The van der Waals surface area contributed by atoms with Crippen LogP contribution in [0.2, 0.25) is 0 Å². The van der Waals surface area contributed by atoms with Gasteiger partial charge in [-0.05, 0) is 25.0 Å². The van der Waals surface area contributed by atoms with Gasteiger partial charge < -0.3 is 5.32 Å². The molecule has 1 aromatic carbocycles. The maximum Gasteiger partial charge on any atom is 0.0984 e. The quantitative estimate of drug-likeness (QED) is 0.719. The van der Waals surface area contributed by atoms with Gasteiger partial charge in [-0.25, -0.2) is 0 Å². The minimum Gasteiger partial charge on any atom is -0.369 e. The molecule has 0 amide bonds. The Balaban J connectivity index is 2.12. The first-order valence-electron chi connectivity index (χ1n) is 5.66. The molecule has 15 heavy (non-hydrogen) atoms. The molecule has 78 valence electrons. The van der Waals surface area contributed by atoms with Crippen LogP contribution in [0, 0.1) is 12.3 Å². The standard InChI is InChI=1S/C14H17N/c1-2-14(11-7-4-8-12-14)15-13-9-5-3-6-10-13/h1,3,5-6,9-10,15H,4,7-8,11-12H2. The summed E-state index contributed by atoms with van der Waals surface area (Å²) < 4.78 is 0. The predicted molar refractivity (Wildman–Crippen MR) is 64.7 cm³/mol. The summed E-state index contributed by atoms with van der Waals surface area (Å²) in [6, 6.07) is 10.3. The van der Waals surface area contributed by atoms with Crippen LogP contribution in [-0.4, -0.2) is 5.54 Å². The molecule has 1 nitrogen and oxygen atoms in total. The lowest BCUT2D eigenvalue weighted by Gasteiger charge is -2.34. The zero-order chi connectivity index (χ0) is 10.6. The van der Waals surface area contributed by atoms with Crippen molar-refractivity contribution in [3.63, 3.8) is 0 Å². The Labute approximate surface area is 91.9 Å². The summed E-state index contributed by atoms with van der Waals surface area (Å²) in [6.07, 6.45) is 11.7. The van der Waals surface area contributed by atoms with E-state index in [9.17, 15) is 0 Å². The lowest BCUT2D eigenvalue weighted by molar-refractivity contribution is 0.396. The SMILES string of the molecule is C#CC1(Nc2ccccc2)CCCCC1. The Morgan fingerprint density at radius 2 is 1.73 bits per heavy atom. The third kappa shape index (κ3) is 2.33. The van der Waals surface area contributed by atoms with Crippen molar-refractivity contribution in [3.8, 4) is 12.3 Å². The van der Waals surface area contributed by atoms with E-state index in [2.05, 4.69) is 23.4 Å². The minimum absolute atomic E-state index is 0.0976. The van der Waals surface area contributed by atoms with Crippen LogP contribution in [0.5, 0.6) is 0 Å². The average molecular weight is 199 g/mol. The van der Waals surface area contributed by atoms with E-state index in [0.717, 1.165) is 18.5 Å². The highest BCUT2D eigenvalue weighted by Crippen LogP contribution is 2.30. The lowest BCUT2D eigenvalue weighted by atomic mass is 9.82. The van der Waals surface area contributed by atoms with Crippen molar-refractivity contribution in [2.24, 2.45) is 0 Å². The summed E-state index contributed by atoms with van der Waals surface area (Å²) in [4.78, 5) is 0. The molecule has 2 rings (SSSR count). The molecule has 0 saturated heterocycles. The number of para-hydroxylation sites is 1. The third-order valence-corrected chi connectivity index (χ3v) is 3.14. The zero-order valence-corrected chi connectivity index (χ0v) is 9.00. The summed E-state index contributed by atoms with van der Waals surface area (Å²) in [5.41, 5.74) is 1.04. The van der Waals surface area contributed by atoms with E-state index in [1.54, 1.807) is 0 Å². The molecular weight excluding hydrogens is 182 g/mol. The smallest absolute Gasteiger partial charge is 0.0984 e. The van der Waals surface area contributed by atoms with E-state index < -0.39 is 0 Å². The first kappa shape index (κ1) is 10.1. The molecule has 0 atom stereocenters. The van der Waals surface area contributed by atoms with Crippen molar-refractivity contribution in [3.05, 3.63) is 30.3 Å². The highest BCUT2D eigenvalue weighted by Gasteiger charge is 2.29. The fourth-order valence-corrected chi connectivity index (χ4v) is 2.26. The largest absolute Gasteiger partial charge is 0.369 e. The van der Waals surface area contributed by atoms with Crippen LogP contribution >= 0.6 is 0 Å². The number of hydrogen-bond donors (Lipinski definition) is 1. The fourth-order valence-electron chi connectivity index (χ4n) is 2.26. The summed E-state index contributed by atoms with van der Waals surface area (Å²) in [5.74, 6) is 2.95. The number of hydrogen-bond acceptors (Lipinski definition) is 1. The van der Waals surface area contributed by atoms with Gasteiger partial charge in [0.15, 0.2) is 0 Å². The van der Waals surface area contributed by atoms with Crippen LogP contribution in [0.25, 0.3) is 0 Å². The van der Waals surface area contributed by atoms with Crippen LogP contribution < -0.4 is 5.32 Å². The zero-order valence-electron chi connectivity index (χ0n) is 9.00. The molecule has 0 bridgehead atoms. The topological polar surface area (TPSA) is 12.0 Å². The Hall–Kier alpha value is -1.42. The van der Waals surface area contributed by atoms with E-state index in [4.69, 9.17) is 6.42 Å². The van der Waals surface area contributed by atoms with Gasteiger partial charge in [0.05, 0.1) is 5.54 Å². The van der Waals surface area contributed by atoms with E-state index in [1.165, 1.54) is 19.3 Å². The van der Waals surface area contributed by atoms with Crippen LogP contribution in [0.3, 0.4) is 0 Å². The van der Waals surface area contributed by atoms with Gasteiger partial charge in [-0.1, -0.05) is 43.4 Å². The van der Waals surface area contributed by atoms with Crippen LogP contribution in [0.4, 0.5) is 5.69 Å². The minimum atomic E-state index is -0.0976. The van der Waals surface area contributed by atoms with Gasteiger partial charge in [0.1, 0.15) is 0 Å². The number of anilines is 1. The number of nitrogens with one attached hydrogen (secondary N) is 1. The fraction of sp³-hybridized carbons (Fsp3) is 0.429. The van der Waals surface area contributed by atoms with Gasteiger partial charge in [-0.3, -0.25) is 0 Å². The number of terminal acetylenes is 1. The summed E-state index contributed by atoms with van der Waals surface area (Å²) in [7, 11) is 0. The van der Waals surface area contributed by atoms with Crippen LogP contribution in [0.1, 0.15) is 32.1 Å². The summed E-state index contributed by atoms with van der Waals surface area (Å²) in [6.45, 7) is 0. The molecule has 1 fully saturated rings. The average Bonchev–Trinajstić information content (AvgIpc) is 2.32. The molecule has 1 aromatic rings. The van der Waals surface area contributed by atoms with E-state index >= 15 is 0 Å². The molecule has 0 heterocycles. The number of benzene rings is 1. The van der Waals surface area contributed by atoms with Crippen molar-refractivity contribution in [2.45, 2.75) is 37.6 Å². The molecular formula is C14H17N. The molecule has 1 heteroatoms. The van der Waals surface area contributed by atoms with E-state index in [-0.39, 0.29) is 5.54 Å². The Kier molecular flexibility index (Phi) is 2.97. The Morgan fingerprint density at radius 1 is 1.07 bits per heavy atom. The van der Waals surface area contributed by atoms with Crippen molar-refractivity contribution in [1.29, 1.82) is 0 Å². The van der Waals surface area contributed by atoms with Gasteiger partial charge >= 0.3 is 0 Å². The van der Waals surface area contributed by atoms with Crippen molar-refractivity contribution < 1.29 is 0 Å². The normalized spacial score (nSPS) is 19.1. The third-order valence-electron chi connectivity index (χ3n) is 3.14. The molecule has 0 radical (unpaired) electrons. The Morgan fingerprint density at radius 3 is 2.33 bits per heavy atom. The second-order valence-electron chi connectivity index (χ2n) is 4.28. The van der Waals surface area contributed by atoms with Crippen LogP contribution in [-0.2, 0) is 0 Å². The highest BCUT2D eigenvalue weighted by molar-refractivity contribution is 5.48. The molecule has 0 aromatic heterocycles. The van der Waals surface area contributed by atoms with Crippen molar-refractivity contribution in [1.82, 2.24) is 0 Å². The molecule has 0 aliphatic heterocycles. The molecule has 1 N–H and O–H groups in total. The molecule has 1 aliphatic carbocycles. The van der Waals surface area contributed by atoms with Crippen LogP contribution in [0.15, 0.2) is 30.3 Å². The predicted octanol–water partition coefficient (Wildman–Crippen LogP) is 3.43. The van der Waals surface area contributed by atoms with E-state index in [1.807, 2.05) is 18.2 Å². The molecule has 0 spiro atoms. The maximum atomic E-state index is 5.67. The highest BCUT2D eigenvalue weighted by atomic mass is 15.0. The summed E-state index contributed by atoms with van der Waals surface area (Å²) >= 11 is 0. The van der Waals surface area contributed by atoms with Gasteiger partial charge in [0, 0.05) is 5.69 Å². The molecule has 0 unspecified atom stereocenters. The Bertz CT molecular complexity index is 341. The van der Waals surface area contributed by atoms with Gasteiger partial charge in [-0.15, -0.1) is 6.42 Å². The second kappa shape index (κ2) is 4.40. The van der Waals surface area contributed by atoms with Gasteiger partial charge in [-0.2, -0.15) is 0 Å². The van der Waals surface area contributed by atoms with Gasteiger partial charge in [0.25, 0.3) is 0 Å². The number of rotatable bonds is 2. The summed E-state index contributed by atoms with van der Waals surface area (Å²) in [5, 5.41) is 3.51. The van der Waals surface area contributed by atoms with Crippen molar-refractivity contribution in [2.75, 3.05) is 5.32 Å². The van der Waals surface area contributed by atoms with Crippen molar-refractivity contribution >= 4 is 5.69 Å². The molecule has 1 saturated carbocycles. The molecule has 1 aliphatic rings. The van der Waals surface area contributed by atoms with Gasteiger partial charge in [0.2, 0.25) is 0 Å². The second-order valence-corrected chi connectivity index (χ2v) is 4.28.